The van der Waals surface area contributed by atoms with E-state index < -0.39 is 0 Å². The Hall–Kier alpha value is -15.9. The summed E-state index contributed by atoms with van der Waals surface area (Å²) in [6.07, 6.45) is 0. The predicted molar refractivity (Wildman–Crippen MR) is 514 cm³/mol. The Morgan fingerprint density at radius 3 is 0.886 bits per heavy atom. The molecule has 0 aliphatic carbocycles. The predicted octanol–water partition coefficient (Wildman–Crippen LogP) is 30.3. The number of fused-ring (bicyclic) bond motifs is 9. The maximum absolute atomic E-state index is 5.49. The molecule has 10 heteroatoms. The number of nitrogens with zero attached hydrogens (tertiary/aromatic N) is 8. The molecule has 123 heavy (non-hydrogen) atoms. The quantitative estimate of drug-likeness (QED) is 0.101. The van der Waals surface area contributed by atoms with Crippen molar-refractivity contribution in [1.29, 1.82) is 0 Å². The molecule has 0 unspecified atom stereocenters. The lowest BCUT2D eigenvalue weighted by atomic mass is 9.94. The number of thiophene rings is 2. The summed E-state index contributed by atoms with van der Waals surface area (Å²) in [6.45, 7) is 0. The van der Waals surface area contributed by atoms with E-state index in [2.05, 4.69) is 362 Å². The van der Waals surface area contributed by atoms with Crippen LogP contribution in [-0.4, -0.2) is 39.5 Å². The van der Waals surface area contributed by atoms with Crippen molar-refractivity contribution in [2.75, 3.05) is 0 Å². The van der Waals surface area contributed by atoms with Gasteiger partial charge in [0.05, 0.1) is 54.2 Å². The van der Waals surface area contributed by atoms with Crippen LogP contribution in [0, 0.1) is 0 Å². The molecule has 16 aromatic carbocycles. The van der Waals surface area contributed by atoms with Crippen molar-refractivity contribution in [1.82, 2.24) is 39.5 Å². The fourth-order valence-electron chi connectivity index (χ4n) is 17.1. The first kappa shape index (κ1) is 73.5. The summed E-state index contributed by atoms with van der Waals surface area (Å²) in [5.41, 5.74) is 28.8. The Morgan fingerprint density at radius 2 is 0.488 bits per heavy atom. The van der Waals surface area contributed by atoms with Crippen LogP contribution in [0.5, 0.6) is 0 Å². The molecule has 0 radical (unpaired) electrons. The van der Waals surface area contributed by atoms with Gasteiger partial charge in [0.25, 0.3) is 0 Å². The van der Waals surface area contributed by atoms with E-state index in [1.807, 2.05) is 102 Å². The summed E-state index contributed by atoms with van der Waals surface area (Å²) >= 11 is 3.66. The van der Waals surface area contributed by atoms with Gasteiger partial charge in [0.15, 0.2) is 23.3 Å². The zero-order chi connectivity index (χ0) is 81.5. The van der Waals surface area contributed by atoms with Gasteiger partial charge in [-0.15, -0.1) is 22.7 Å². The number of aromatic nitrogens is 8. The first-order chi connectivity index (χ1) is 61.0. The van der Waals surface area contributed by atoms with Crippen LogP contribution in [0.3, 0.4) is 0 Å². The minimum absolute atomic E-state index is 0.634. The van der Waals surface area contributed by atoms with Gasteiger partial charge in [-0.1, -0.05) is 394 Å². The standard InChI is InChI=1S/C63H40N4S.C50H32N4S/c1-5-18-43(19-6-1)58-59-52-37-36-47(39-55(52)64-60(44-20-7-2-8-21-44)62(59)68-61(58)45-22-9-3-10-23-45)41-32-34-42(35-33-41)53-40-54(66-63(65-53)46-24-11-4-12-25-46)48-26-17-27-49(38-48)67-56-30-15-13-28-50(56)51-29-14-16-31-57(51)67;1-6-16-34(17-7-1)43-44-41-31-30-40(32-42(41)51-45(35-18-8-2-9-19-35)47(44)55-46(43)36-20-10-3-11-21-36)33-26-28-39(29-27-33)50-53-48(37-22-12-4-13-23-37)52-49(54-50)38-24-14-5-15-25-38/h1-40H;1-32H. The Morgan fingerprint density at radius 1 is 0.187 bits per heavy atom. The van der Waals surface area contributed by atoms with Crippen molar-refractivity contribution < 1.29 is 0 Å². The third-order valence-electron chi connectivity index (χ3n) is 23.0. The molecular weight excluding hydrogens is 1530 g/mol. The normalized spacial score (nSPS) is 11.4. The second-order valence-corrected chi connectivity index (χ2v) is 32.6. The van der Waals surface area contributed by atoms with Gasteiger partial charge < -0.3 is 4.57 Å². The summed E-state index contributed by atoms with van der Waals surface area (Å²) in [7, 11) is 0. The highest BCUT2D eigenvalue weighted by Crippen LogP contribution is 2.53. The number of pyridine rings is 2. The molecule has 8 nitrogen and oxygen atoms in total. The second-order valence-electron chi connectivity index (χ2n) is 30.5. The fourth-order valence-corrected chi connectivity index (χ4v) is 19.8. The molecule has 0 N–H and O–H groups in total. The number of hydrogen-bond acceptors (Lipinski definition) is 9. The van der Waals surface area contributed by atoms with Crippen LogP contribution < -0.4 is 0 Å². The molecular formula is C113H72N8S2. The summed E-state index contributed by atoms with van der Waals surface area (Å²) in [5.74, 6) is 2.61. The lowest BCUT2D eigenvalue weighted by molar-refractivity contribution is 1.07. The average molecular weight is 1610 g/mol. The van der Waals surface area contributed by atoms with Crippen molar-refractivity contribution in [3.05, 3.63) is 437 Å². The smallest absolute Gasteiger partial charge is 0.164 e. The Labute approximate surface area is 719 Å². The lowest BCUT2D eigenvalue weighted by Gasteiger charge is -2.13. The highest BCUT2D eigenvalue weighted by Gasteiger charge is 2.26. The summed E-state index contributed by atoms with van der Waals surface area (Å²) in [5, 5.41) is 7.22. The van der Waals surface area contributed by atoms with Gasteiger partial charge in [-0.3, -0.25) is 0 Å². The molecule has 0 saturated carbocycles. The molecule has 0 amide bonds. The molecule has 0 spiro atoms. The van der Waals surface area contributed by atoms with Crippen LogP contribution in [0.25, 0.3) is 225 Å². The fraction of sp³-hybridized carbons (Fsp3) is 0. The molecule has 0 saturated heterocycles. The molecule has 0 bridgehead atoms. The van der Waals surface area contributed by atoms with Crippen molar-refractivity contribution in [2.24, 2.45) is 0 Å². The first-order valence-electron chi connectivity index (χ1n) is 41.2. The highest BCUT2D eigenvalue weighted by atomic mass is 32.1. The van der Waals surface area contributed by atoms with Gasteiger partial charge in [-0.05, 0) is 87.0 Å². The molecule has 0 aliphatic rings. The van der Waals surface area contributed by atoms with Crippen molar-refractivity contribution in [2.45, 2.75) is 0 Å². The number of hydrogen-bond donors (Lipinski definition) is 0. The Bertz CT molecular complexity index is 7740. The van der Waals surface area contributed by atoms with Gasteiger partial charge in [0.2, 0.25) is 0 Å². The molecule has 0 atom stereocenters. The number of rotatable bonds is 15. The zero-order valence-corrected chi connectivity index (χ0v) is 68.1. The molecule has 0 fully saturated rings. The Balaban J connectivity index is 0.000000150. The molecule has 23 rings (SSSR count). The third-order valence-corrected chi connectivity index (χ3v) is 25.5. The van der Waals surface area contributed by atoms with E-state index in [0.717, 1.165) is 117 Å². The van der Waals surface area contributed by atoms with Crippen LogP contribution >= 0.6 is 22.7 Å². The van der Waals surface area contributed by atoms with E-state index in [1.165, 1.54) is 85.1 Å². The van der Waals surface area contributed by atoms with Crippen molar-refractivity contribution in [3.63, 3.8) is 0 Å². The number of para-hydroxylation sites is 2. The largest absolute Gasteiger partial charge is 0.309 e. The van der Waals surface area contributed by atoms with Crippen LogP contribution in [0.4, 0.5) is 0 Å². The average Bonchev–Trinajstić information content (AvgIpc) is 1.58. The Kier molecular flexibility index (Phi) is 19.2. The van der Waals surface area contributed by atoms with E-state index in [9.17, 15) is 0 Å². The van der Waals surface area contributed by atoms with E-state index >= 15 is 0 Å². The monoisotopic (exact) mass is 1600 g/mol. The molecule has 23 aromatic rings. The van der Waals surface area contributed by atoms with E-state index in [-0.39, 0.29) is 0 Å². The van der Waals surface area contributed by atoms with Crippen molar-refractivity contribution >= 4 is 86.5 Å². The summed E-state index contributed by atoms with van der Waals surface area (Å²) in [4.78, 5) is 38.5. The lowest BCUT2D eigenvalue weighted by Crippen LogP contribution is -2.00. The number of benzene rings is 16. The topological polar surface area (TPSA) is 95.2 Å². The molecule has 7 aromatic heterocycles. The van der Waals surface area contributed by atoms with Gasteiger partial charge in [-0.25, -0.2) is 34.9 Å². The summed E-state index contributed by atoms with van der Waals surface area (Å²) in [6, 6.07) is 153. The summed E-state index contributed by atoms with van der Waals surface area (Å²) < 4.78 is 4.73. The maximum atomic E-state index is 5.49. The maximum Gasteiger partial charge on any atom is 0.164 e. The zero-order valence-electron chi connectivity index (χ0n) is 66.5. The van der Waals surface area contributed by atoms with E-state index in [4.69, 9.17) is 34.9 Å². The van der Waals surface area contributed by atoms with Gasteiger partial charge in [0, 0.05) is 103 Å². The minimum atomic E-state index is 0.634. The SMILES string of the molecule is c1ccc(-c2nc(-c3ccc(-c4ccc5c(c4)nc(-c4ccccc4)c4sc(-c6ccccc6)c(-c6ccccc6)c45)cc3)cc(-c3cccc(-n4c5ccccc5c5ccccc54)c3)n2)cc1.c1ccc(-c2nc(-c3ccccc3)nc(-c3ccc(-c4ccc5c(c4)nc(-c4ccccc4)c4sc(-c6ccccc6)c(-c6ccccc6)c45)cc3)n2)cc1. The first-order valence-corrected chi connectivity index (χ1v) is 42.9. The minimum Gasteiger partial charge on any atom is -0.309 e. The molecule has 576 valence electrons. The second kappa shape index (κ2) is 32.1. The van der Waals surface area contributed by atoms with Crippen LogP contribution in [0.1, 0.15) is 0 Å². The van der Waals surface area contributed by atoms with Crippen LogP contribution in [-0.2, 0) is 0 Å². The van der Waals surface area contributed by atoms with Crippen LogP contribution in [0.2, 0.25) is 0 Å². The molecule has 0 aliphatic heterocycles. The third kappa shape index (κ3) is 14.1. The van der Waals surface area contributed by atoms with Crippen LogP contribution in [0.15, 0.2) is 437 Å². The van der Waals surface area contributed by atoms with Gasteiger partial charge in [0.1, 0.15) is 0 Å². The van der Waals surface area contributed by atoms with E-state index in [0.29, 0.717) is 23.3 Å². The van der Waals surface area contributed by atoms with E-state index in [1.54, 1.807) is 0 Å². The highest BCUT2D eigenvalue weighted by molar-refractivity contribution is 7.24. The van der Waals surface area contributed by atoms with Crippen molar-refractivity contribution in [3.8, 4) is 162 Å². The molecule has 7 heterocycles. The van der Waals surface area contributed by atoms with Gasteiger partial charge in [-0.2, -0.15) is 0 Å². The van der Waals surface area contributed by atoms with Gasteiger partial charge >= 0.3 is 0 Å².